The Kier molecular flexibility index (Phi) is 3.28. The zero-order valence-electron chi connectivity index (χ0n) is 10.3. The maximum atomic E-state index is 12.1. The van der Waals surface area contributed by atoms with Gasteiger partial charge < -0.3 is 10.4 Å². The first kappa shape index (κ1) is 12.1. The summed E-state index contributed by atoms with van der Waals surface area (Å²) in [5.41, 5.74) is 2.72. The van der Waals surface area contributed by atoms with Crippen LogP contribution in [-0.4, -0.2) is 16.0 Å². The van der Waals surface area contributed by atoms with E-state index in [1.807, 2.05) is 6.92 Å². The smallest absolute Gasteiger partial charge is 0.255 e. The lowest BCUT2D eigenvalue weighted by atomic mass is 10.1. The van der Waals surface area contributed by atoms with Gasteiger partial charge in [-0.1, -0.05) is 0 Å². The zero-order chi connectivity index (χ0) is 13.1. The molecule has 2 N–H and O–H groups in total. The van der Waals surface area contributed by atoms with E-state index in [1.165, 1.54) is 6.07 Å². The average Bonchev–Trinajstić information content (AvgIpc) is 2.32. The Bertz CT molecular complexity index is 594. The minimum absolute atomic E-state index is 0.154. The molecule has 1 aromatic heterocycles. The van der Waals surface area contributed by atoms with Crippen LogP contribution in [0.5, 0.6) is 5.75 Å². The minimum Gasteiger partial charge on any atom is -0.508 e. The van der Waals surface area contributed by atoms with Crippen molar-refractivity contribution >= 4 is 11.6 Å². The van der Waals surface area contributed by atoms with Gasteiger partial charge in [0.15, 0.2) is 0 Å². The molecule has 4 heteroatoms. The van der Waals surface area contributed by atoms with Gasteiger partial charge in [0, 0.05) is 11.8 Å². The number of aryl methyl sites for hydroxylation is 2. The lowest BCUT2D eigenvalue weighted by Gasteiger charge is -2.09. The Morgan fingerprint density at radius 1 is 1.28 bits per heavy atom. The molecule has 92 valence electrons. The van der Waals surface area contributed by atoms with Crippen LogP contribution in [-0.2, 0) is 0 Å². The van der Waals surface area contributed by atoms with Gasteiger partial charge in [-0.25, -0.2) is 0 Å². The normalized spacial score (nSPS) is 10.1. The van der Waals surface area contributed by atoms with Crippen LogP contribution in [0, 0.1) is 13.8 Å². The van der Waals surface area contributed by atoms with Gasteiger partial charge in [-0.2, -0.15) is 0 Å². The van der Waals surface area contributed by atoms with Gasteiger partial charge in [0.05, 0.1) is 11.4 Å². The van der Waals surface area contributed by atoms with Crippen LogP contribution in [0.4, 0.5) is 5.69 Å². The molecule has 0 saturated heterocycles. The summed E-state index contributed by atoms with van der Waals surface area (Å²) in [4.78, 5) is 16.2. The first-order valence-electron chi connectivity index (χ1n) is 5.60. The largest absolute Gasteiger partial charge is 0.508 e. The number of aromatic nitrogens is 1. The summed E-state index contributed by atoms with van der Waals surface area (Å²) in [5.74, 6) is -0.0507. The van der Waals surface area contributed by atoms with Crippen LogP contribution < -0.4 is 5.32 Å². The molecule has 0 atom stereocenters. The maximum absolute atomic E-state index is 12.1. The standard InChI is InChI=1S/C14H14N2O2/c1-9-8-11(17)5-6-12(9)14(18)16-13-4-3-7-15-10(13)2/h3-8,17H,1-2H3,(H,16,18). The van der Waals surface area contributed by atoms with Crippen molar-refractivity contribution in [3.8, 4) is 5.75 Å². The monoisotopic (exact) mass is 242 g/mol. The summed E-state index contributed by atoms with van der Waals surface area (Å²) >= 11 is 0. The van der Waals surface area contributed by atoms with Crippen molar-refractivity contribution in [2.75, 3.05) is 5.32 Å². The Labute approximate surface area is 105 Å². The van der Waals surface area contributed by atoms with Crippen LogP contribution >= 0.6 is 0 Å². The molecule has 1 heterocycles. The number of nitrogens with one attached hydrogen (secondary N) is 1. The summed E-state index contributed by atoms with van der Waals surface area (Å²) in [6, 6.07) is 8.23. The topological polar surface area (TPSA) is 62.2 Å². The number of anilines is 1. The van der Waals surface area contributed by atoms with Crippen LogP contribution in [0.2, 0.25) is 0 Å². The Morgan fingerprint density at radius 2 is 2.06 bits per heavy atom. The Hall–Kier alpha value is -2.36. The minimum atomic E-state index is -0.205. The van der Waals surface area contributed by atoms with Crippen LogP contribution in [0.3, 0.4) is 0 Å². The fourth-order valence-corrected chi connectivity index (χ4v) is 1.71. The summed E-state index contributed by atoms with van der Waals surface area (Å²) in [5, 5.41) is 12.1. The Morgan fingerprint density at radius 3 is 2.72 bits per heavy atom. The van der Waals surface area contributed by atoms with Gasteiger partial charge >= 0.3 is 0 Å². The average molecular weight is 242 g/mol. The number of benzene rings is 1. The molecule has 0 unspecified atom stereocenters. The third kappa shape index (κ3) is 2.48. The van der Waals surface area contributed by atoms with E-state index in [0.717, 1.165) is 11.3 Å². The van der Waals surface area contributed by atoms with E-state index in [0.29, 0.717) is 11.3 Å². The number of carbonyl (C=O) groups is 1. The first-order valence-corrected chi connectivity index (χ1v) is 5.60. The van der Waals surface area contributed by atoms with Crippen LogP contribution in [0.25, 0.3) is 0 Å². The third-order valence-electron chi connectivity index (χ3n) is 2.71. The SMILES string of the molecule is Cc1cc(O)ccc1C(=O)Nc1cccnc1C. The van der Waals surface area contributed by atoms with Gasteiger partial charge in [-0.3, -0.25) is 9.78 Å². The van der Waals surface area contributed by atoms with Crippen molar-refractivity contribution in [1.82, 2.24) is 4.98 Å². The van der Waals surface area contributed by atoms with Crippen molar-refractivity contribution in [1.29, 1.82) is 0 Å². The van der Waals surface area contributed by atoms with Crippen molar-refractivity contribution in [3.63, 3.8) is 0 Å². The van der Waals surface area contributed by atoms with Gasteiger partial charge in [-0.15, -0.1) is 0 Å². The maximum Gasteiger partial charge on any atom is 0.255 e. The number of nitrogens with zero attached hydrogens (tertiary/aromatic N) is 1. The summed E-state index contributed by atoms with van der Waals surface area (Å²) in [6.45, 7) is 3.62. The van der Waals surface area contributed by atoms with Gasteiger partial charge in [-0.05, 0) is 49.7 Å². The molecule has 0 aliphatic carbocycles. The molecule has 0 aliphatic heterocycles. The van der Waals surface area contributed by atoms with Crippen LogP contribution in [0.1, 0.15) is 21.6 Å². The van der Waals surface area contributed by atoms with E-state index in [1.54, 1.807) is 37.4 Å². The molecular formula is C14H14N2O2. The highest BCUT2D eigenvalue weighted by Gasteiger charge is 2.10. The molecular weight excluding hydrogens is 228 g/mol. The second-order valence-corrected chi connectivity index (χ2v) is 4.09. The quantitative estimate of drug-likeness (QED) is 0.851. The summed E-state index contributed by atoms with van der Waals surface area (Å²) in [7, 11) is 0. The van der Waals surface area contributed by atoms with E-state index in [2.05, 4.69) is 10.3 Å². The molecule has 0 aliphatic rings. The number of hydrogen-bond donors (Lipinski definition) is 2. The Balaban J connectivity index is 2.25. The molecule has 2 rings (SSSR count). The van der Waals surface area contributed by atoms with Gasteiger partial charge in [0.25, 0.3) is 5.91 Å². The van der Waals surface area contributed by atoms with E-state index >= 15 is 0 Å². The summed E-state index contributed by atoms with van der Waals surface area (Å²) < 4.78 is 0. The highest BCUT2D eigenvalue weighted by atomic mass is 16.3. The number of carbonyl (C=O) groups excluding carboxylic acids is 1. The van der Waals surface area contributed by atoms with E-state index < -0.39 is 0 Å². The molecule has 1 amide bonds. The number of hydrogen-bond acceptors (Lipinski definition) is 3. The molecule has 0 spiro atoms. The molecule has 1 aromatic carbocycles. The summed E-state index contributed by atoms with van der Waals surface area (Å²) in [6.07, 6.45) is 1.68. The highest BCUT2D eigenvalue weighted by molar-refractivity contribution is 6.05. The van der Waals surface area contributed by atoms with Gasteiger partial charge in [0.1, 0.15) is 5.75 Å². The number of amides is 1. The van der Waals surface area contributed by atoms with E-state index in [-0.39, 0.29) is 11.7 Å². The number of pyridine rings is 1. The molecule has 0 saturated carbocycles. The molecule has 0 bridgehead atoms. The molecule has 4 nitrogen and oxygen atoms in total. The predicted octanol–water partition coefficient (Wildman–Crippen LogP) is 2.66. The third-order valence-corrected chi connectivity index (χ3v) is 2.71. The first-order chi connectivity index (χ1) is 8.58. The number of phenols is 1. The lowest BCUT2D eigenvalue weighted by Crippen LogP contribution is -2.14. The van der Waals surface area contributed by atoms with E-state index in [9.17, 15) is 9.90 Å². The fraction of sp³-hybridized carbons (Fsp3) is 0.143. The van der Waals surface area contributed by atoms with Crippen molar-refractivity contribution < 1.29 is 9.90 Å². The predicted molar refractivity (Wildman–Crippen MR) is 69.8 cm³/mol. The molecule has 18 heavy (non-hydrogen) atoms. The van der Waals surface area contributed by atoms with Crippen molar-refractivity contribution in [3.05, 3.63) is 53.3 Å². The zero-order valence-corrected chi connectivity index (χ0v) is 10.3. The second kappa shape index (κ2) is 4.87. The van der Waals surface area contributed by atoms with Gasteiger partial charge in [0.2, 0.25) is 0 Å². The second-order valence-electron chi connectivity index (χ2n) is 4.09. The molecule has 0 radical (unpaired) electrons. The van der Waals surface area contributed by atoms with Crippen molar-refractivity contribution in [2.24, 2.45) is 0 Å². The van der Waals surface area contributed by atoms with Crippen LogP contribution in [0.15, 0.2) is 36.5 Å². The lowest BCUT2D eigenvalue weighted by molar-refractivity contribution is 0.102. The number of aromatic hydroxyl groups is 1. The number of rotatable bonds is 2. The van der Waals surface area contributed by atoms with Crippen molar-refractivity contribution in [2.45, 2.75) is 13.8 Å². The fourth-order valence-electron chi connectivity index (χ4n) is 1.71. The molecule has 0 fully saturated rings. The number of phenolic OH excluding ortho intramolecular Hbond substituents is 1. The van der Waals surface area contributed by atoms with E-state index in [4.69, 9.17) is 0 Å². The highest BCUT2D eigenvalue weighted by Crippen LogP contribution is 2.18. The molecule has 2 aromatic rings.